The van der Waals surface area contributed by atoms with Gasteiger partial charge in [-0.1, -0.05) is 12.8 Å². The summed E-state index contributed by atoms with van der Waals surface area (Å²) in [7, 11) is 1.46. The van der Waals surface area contributed by atoms with E-state index in [1.54, 1.807) is 6.07 Å². The van der Waals surface area contributed by atoms with Crippen molar-refractivity contribution in [2.45, 2.75) is 31.3 Å². The third-order valence-corrected chi connectivity index (χ3v) is 3.44. The van der Waals surface area contributed by atoms with Crippen molar-refractivity contribution >= 4 is 5.97 Å². The van der Waals surface area contributed by atoms with Crippen molar-refractivity contribution in [1.29, 1.82) is 0 Å². The lowest BCUT2D eigenvalue weighted by Crippen LogP contribution is -2.32. The quantitative estimate of drug-likeness (QED) is 0.853. The van der Waals surface area contributed by atoms with Gasteiger partial charge in [-0.2, -0.15) is 0 Å². The molecule has 0 aliphatic heterocycles. The molecule has 5 heteroatoms. The summed E-state index contributed by atoms with van der Waals surface area (Å²) in [6.07, 6.45) is 3.49. The Bertz CT molecular complexity index is 463. The molecule has 1 fully saturated rings. The smallest absolute Gasteiger partial charge is 0.335 e. The predicted molar refractivity (Wildman–Crippen MR) is 68.9 cm³/mol. The van der Waals surface area contributed by atoms with Crippen LogP contribution in [-0.2, 0) is 0 Å². The van der Waals surface area contributed by atoms with E-state index >= 15 is 0 Å². The summed E-state index contributed by atoms with van der Waals surface area (Å²) in [6.45, 7) is 0.204. The van der Waals surface area contributed by atoms with E-state index in [9.17, 15) is 9.90 Å². The molecule has 2 N–H and O–H groups in total. The van der Waals surface area contributed by atoms with E-state index < -0.39 is 11.6 Å². The van der Waals surface area contributed by atoms with Gasteiger partial charge >= 0.3 is 5.97 Å². The zero-order chi connectivity index (χ0) is 13.9. The lowest BCUT2D eigenvalue weighted by molar-refractivity contribution is 0.000710. The van der Waals surface area contributed by atoms with Crippen LogP contribution in [0.15, 0.2) is 18.2 Å². The fourth-order valence-electron chi connectivity index (χ4n) is 2.31. The SMILES string of the molecule is COc1cc(C(=O)O)ccc1OCC1(O)CCCC1. The minimum Gasteiger partial charge on any atom is -0.493 e. The van der Waals surface area contributed by atoms with Crippen LogP contribution in [0.25, 0.3) is 0 Å². The maximum Gasteiger partial charge on any atom is 0.335 e. The van der Waals surface area contributed by atoms with Crippen LogP contribution >= 0.6 is 0 Å². The number of methoxy groups -OCH3 is 1. The maximum atomic E-state index is 10.9. The molecule has 1 aromatic rings. The third kappa shape index (κ3) is 3.17. The molecule has 0 saturated heterocycles. The molecule has 0 aromatic heterocycles. The number of hydrogen-bond acceptors (Lipinski definition) is 4. The number of rotatable bonds is 5. The summed E-state index contributed by atoms with van der Waals surface area (Å²) >= 11 is 0. The highest BCUT2D eigenvalue weighted by Gasteiger charge is 2.32. The van der Waals surface area contributed by atoms with E-state index in [-0.39, 0.29) is 12.2 Å². The van der Waals surface area contributed by atoms with Crippen molar-refractivity contribution in [2.75, 3.05) is 13.7 Å². The summed E-state index contributed by atoms with van der Waals surface area (Å²) in [5.41, 5.74) is -0.625. The molecule has 0 spiro atoms. The van der Waals surface area contributed by atoms with Crippen LogP contribution in [0.5, 0.6) is 11.5 Å². The van der Waals surface area contributed by atoms with Crippen LogP contribution in [0.2, 0.25) is 0 Å². The molecule has 5 nitrogen and oxygen atoms in total. The molecule has 0 amide bonds. The van der Waals surface area contributed by atoms with E-state index in [4.69, 9.17) is 14.6 Å². The number of carboxylic acid groups (broad SMARTS) is 1. The minimum atomic E-state index is -1.01. The molecule has 0 unspecified atom stereocenters. The number of carbonyl (C=O) groups is 1. The fraction of sp³-hybridized carbons (Fsp3) is 0.500. The van der Waals surface area contributed by atoms with Gasteiger partial charge in [-0.25, -0.2) is 4.79 Å². The Morgan fingerprint density at radius 1 is 1.32 bits per heavy atom. The monoisotopic (exact) mass is 266 g/mol. The first-order valence-corrected chi connectivity index (χ1v) is 6.31. The first-order chi connectivity index (χ1) is 9.04. The van der Waals surface area contributed by atoms with Gasteiger partial charge in [-0.15, -0.1) is 0 Å². The molecule has 19 heavy (non-hydrogen) atoms. The number of carboxylic acids is 1. The largest absolute Gasteiger partial charge is 0.493 e. The van der Waals surface area contributed by atoms with Crippen LogP contribution in [0.1, 0.15) is 36.0 Å². The standard InChI is InChI=1S/C14H18O5/c1-18-12-8-10(13(15)16)4-5-11(12)19-9-14(17)6-2-3-7-14/h4-5,8,17H,2-3,6-7,9H2,1H3,(H,15,16). The third-order valence-electron chi connectivity index (χ3n) is 3.44. The molecule has 2 rings (SSSR count). The summed E-state index contributed by atoms with van der Waals surface area (Å²) in [4.78, 5) is 10.9. The topological polar surface area (TPSA) is 76.0 Å². The first kappa shape index (κ1) is 13.7. The molecule has 1 aromatic carbocycles. The summed E-state index contributed by atoms with van der Waals surface area (Å²) in [5.74, 6) is -0.200. The number of benzene rings is 1. The Morgan fingerprint density at radius 2 is 2.00 bits per heavy atom. The van der Waals surface area contributed by atoms with Gasteiger partial charge in [-0.3, -0.25) is 0 Å². The van der Waals surface area contributed by atoms with E-state index in [1.807, 2.05) is 0 Å². The highest BCUT2D eigenvalue weighted by atomic mass is 16.5. The Labute approximate surface area is 111 Å². The highest BCUT2D eigenvalue weighted by Crippen LogP contribution is 2.33. The Hall–Kier alpha value is -1.75. The van der Waals surface area contributed by atoms with Crippen LogP contribution in [-0.4, -0.2) is 35.5 Å². The molecular weight excluding hydrogens is 248 g/mol. The maximum absolute atomic E-state index is 10.9. The van der Waals surface area contributed by atoms with E-state index in [1.165, 1.54) is 19.2 Å². The Balaban J connectivity index is 2.09. The Kier molecular flexibility index (Phi) is 3.95. The van der Waals surface area contributed by atoms with Crippen molar-refractivity contribution in [3.8, 4) is 11.5 Å². The van der Waals surface area contributed by atoms with Crippen molar-refractivity contribution < 1.29 is 24.5 Å². The average molecular weight is 266 g/mol. The van der Waals surface area contributed by atoms with Gasteiger partial charge in [0, 0.05) is 0 Å². The second-order valence-corrected chi connectivity index (χ2v) is 4.89. The van der Waals surface area contributed by atoms with E-state index in [0.717, 1.165) is 25.7 Å². The van der Waals surface area contributed by atoms with Crippen LogP contribution < -0.4 is 9.47 Å². The second kappa shape index (κ2) is 5.48. The van der Waals surface area contributed by atoms with Crippen LogP contribution in [0.3, 0.4) is 0 Å². The zero-order valence-electron chi connectivity index (χ0n) is 10.9. The number of aromatic carboxylic acids is 1. The average Bonchev–Trinajstić information content (AvgIpc) is 2.83. The lowest BCUT2D eigenvalue weighted by atomic mass is 10.0. The van der Waals surface area contributed by atoms with Gasteiger partial charge in [0.25, 0.3) is 0 Å². The van der Waals surface area contributed by atoms with Gasteiger partial charge in [0.05, 0.1) is 18.3 Å². The fourth-order valence-corrected chi connectivity index (χ4v) is 2.31. The molecule has 0 heterocycles. The highest BCUT2D eigenvalue weighted by molar-refractivity contribution is 5.88. The van der Waals surface area contributed by atoms with Crippen molar-refractivity contribution in [3.63, 3.8) is 0 Å². The summed E-state index contributed by atoms with van der Waals surface area (Å²) in [5, 5.41) is 19.1. The number of hydrogen-bond donors (Lipinski definition) is 2. The summed E-state index contributed by atoms with van der Waals surface area (Å²) in [6, 6.07) is 4.43. The van der Waals surface area contributed by atoms with E-state index in [0.29, 0.717) is 11.5 Å². The predicted octanol–water partition coefficient (Wildman–Crippen LogP) is 2.08. The number of aliphatic hydroxyl groups is 1. The first-order valence-electron chi connectivity index (χ1n) is 6.31. The summed E-state index contributed by atoms with van der Waals surface area (Å²) < 4.78 is 10.7. The lowest BCUT2D eigenvalue weighted by Gasteiger charge is -2.22. The molecule has 1 aliphatic rings. The van der Waals surface area contributed by atoms with Crippen LogP contribution in [0.4, 0.5) is 0 Å². The number of ether oxygens (including phenoxy) is 2. The normalized spacial score (nSPS) is 17.2. The van der Waals surface area contributed by atoms with Crippen molar-refractivity contribution in [3.05, 3.63) is 23.8 Å². The van der Waals surface area contributed by atoms with Gasteiger partial charge in [-0.05, 0) is 31.0 Å². The minimum absolute atomic E-state index is 0.142. The molecule has 1 aliphatic carbocycles. The second-order valence-electron chi connectivity index (χ2n) is 4.89. The van der Waals surface area contributed by atoms with Gasteiger partial charge in [0.15, 0.2) is 11.5 Å². The zero-order valence-corrected chi connectivity index (χ0v) is 10.9. The molecule has 0 bridgehead atoms. The van der Waals surface area contributed by atoms with Crippen LogP contribution in [0, 0.1) is 0 Å². The van der Waals surface area contributed by atoms with E-state index in [2.05, 4.69) is 0 Å². The molecule has 0 radical (unpaired) electrons. The van der Waals surface area contributed by atoms with Crippen molar-refractivity contribution in [1.82, 2.24) is 0 Å². The molecule has 0 atom stereocenters. The Morgan fingerprint density at radius 3 is 2.58 bits per heavy atom. The molecular formula is C14H18O5. The van der Waals surface area contributed by atoms with Crippen molar-refractivity contribution in [2.24, 2.45) is 0 Å². The van der Waals surface area contributed by atoms with Gasteiger partial charge in [0.2, 0.25) is 0 Å². The molecule has 104 valence electrons. The molecule has 1 saturated carbocycles. The van der Waals surface area contributed by atoms with Gasteiger partial charge in [0.1, 0.15) is 6.61 Å². The van der Waals surface area contributed by atoms with Gasteiger partial charge < -0.3 is 19.7 Å².